The summed E-state index contributed by atoms with van der Waals surface area (Å²) < 4.78 is 58.4. The minimum Gasteiger partial charge on any atom is -0.497 e. The molecule has 0 radical (unpaired) electrons. The summed E-state index contributed by atoms with van der Waals surface area (Å²) in [5, 5.41) is 18.9. The first kappa shape index (κ1) is 51.9. The third-order valence-electron chi connectivity index (χ3n) is 12.4. The van der Waals surface area contributed by atoms with Gasteiger partial charge in [-0.15, -0.1) is 44.6 Å². The van der Waals surface area contributed by atoms with Gasteiger partial charge in [0.2, 0.25) is 0 Å². The Kier molecular flexibility index (Phi) is 15.2. The second kappa shape index (κ2) is 22.3. The van der Waals surface area contributed by atoms with Crippen molar-refractivity contribution in [2.75, 3.05) is 31.0 Å². The van der Waals surface area contributed by atoms with Gasteiger partial charge in [-0.25, -0.2) is 18.6 Å². The van der Waals surface area contributed by atoms with Crippen LogP contribution in [0.25, 0.3) is 10.1 Å². The van der Waals surface area contributed by atoms with E-state index in [-0.39, 0.29) is 60.9 Å². The third kappa shape index (κ3) is 10.1. The SMILES string of the molecule is CO/N=C(\C(=O)NC1C(=O)N2C(C(=O)OCc3ccc(OC)cc3)=C(CSc3cc(=O)c4cc(F)c(Sc5nncn5C)c(F)c4s3)CS(=O)[C@H]12)c1csc(NC(c2ccccc2)(c2ccccc2)c2ccccc2)n1. The molecule has 5 heterocycles. The minimum atomic E-state index is -1.92. The van der Waals surface area contributed by atoms with Gasteiger partial charge in [-0.05, 0) is 57.8 Å². The zero-order valence-electron chi connectivity index (χ0n) is 40.3. The second-order valence-corrected chi connectivity index (χ2v) is 22.7. The zero-order chi connectivity index (χ0) is 53.1. The maximum atomic E-state index is 16.1. The Morgan fingerprint density at radius 3 is 2.18 bits per heavy atom. The number of amides is 2. The molecule has 2 aliphatic rings. The van der Waals surface area contributed by atoms with Crippen LogP contribution in [0.2, 0.25) is 0 Å². The molecule has 16 nitrogen and oxygen atoms in total. The first-order valence-corrected chi connectivity index (χ1v) is 27.9. The molecule has 0 aliphatic carbocycles. The molecule has 2 aliphatic heterocycles. The van der Waals surface area contributed by atoms with Gasteiger partial charge in [0.25, 0.3) is 11.8 Å². The fourth-order valence-corrected chi connectivity index (χ4v) is 14.4. The number of aromatic nitrogens is 4. The summed E-state index contributed by atoms with van der Waals surface area (Å²) in [5.74, 6) is -4.19. The average molecular weight is 1120 g/mol. The first-order chi connectivity index (χ1) is 36.9. The van der Waals surface area contributed by atoms with Crippen LogP contribution in [0, 0.1) is 11.6 Å². The molecule has 0 bridgehead atoms. The lowest BCUT2D eigenvalue weighted by Crippen LogP contribution is -2.74. The summed E-state index contributed by atoms with van der Waals surface area (Å²) in [5.41, 5.74) is 1.66. The normalized spacial score (nSPS) is 16.5. The lowest BCUT2D eigenvalue weighted by Gasteiger charge is -2.49. The van der Waals surface area contributed by atoms with Crippen LogP contribution in [0.3, 0.4) is 0 Å². The fourth-order valence-electron chi connectivity index (χ4n) is 8.74. The number of nitrogens with one attached hydrogen (secondary N) is 2. The van der Waals surface area contributed by atoms with Crippen molar-refractivity contribution in [1.29, 1.82) is 0 Å². The van der Waals surface area contributed by atoms with E-state index in [1.807, 2.05) is 91.0 Å². The predicted molar refractivity (Wildman–Crippen MR) is 288 cm³/mol. The molecule has 2 amide bonds. The molecule has 8 aromatic rings. The van der Waals surface area contributed by atoms with Crippen molar-refractivity contribution in [3.8, 4) is 5.75 Å². The van der Waals surface area contributed by atoms with E-state index in [0.29, 0.717) is 32.4 Å². The molecule has 3 atom stereocenters. The number of nitrogens with zero attached hydrogens (tertiary/aromatic N) is 6. The number of β-lactam (4-membered cyclic amide) rings is 1. The number of anilines is 1. The van der Waals surface area contributed by atoms with Crippen LogP contribution >= 0.6 is 46.2 Å². The molecule has 23 heteroatoms. The van der Waals surface area contributed by atoms with Crippen molar-refractivity contribution in [3.63, 3.8) is 0 Å². The highest BCUT2D eigenvalue weighted by atomic mass is 32.2. The van der Waals surface area contributed by atoms with Gasteiger partial charge < -0.3 is 29.5 Å². The summed E-state index contributed by atoms with van der Waals surface area (Å²) in [6, 6.07) is 37.2. The number of hydrogen-bond acceptors (Lipinski definition) is 17. The van der Waals surface area contributed by atoms with Crippen molar-refractivity contribution >= 4 is 95.7 Å². The van der Waals surface area contributed by atoms with Crippen LogP contribution in [0.5, 0.6) is 5.75 Å². The molecule has 0 spiro atoms. The van der Waals surface area contributed by atoms with E-state index in [9.17, 15) is 23.4 Å². The molecule has 5 aromatic carbocycles. The van der Waals surface area contributed by atoms with Crippen LogP contribution in [0.1, 0.15) is 27.9 Å². The third-order valence-corrected chi connectivity index (χ3v) is 18.3. The van der Waals surface area contributed by atoms with Crippen molar-refractivity contribution in [1.82, 2.24) is 30.0 Å². The maximum absolute atomic E-state index is 16.1. The Morgan fingerprint density at radius 1 is 0.921 bits per heavy atom. The molecule has 1 saturated heterocycles. The monoisotopic (exact) mass is 1120 g/mol. The van der Waals surface area contributed by atoms with E-state index in [4.69, 9.17) is 19.3 Å². The maximum Gasteiger partial charge on any atom is 0.355 e. The molecular weight excluding hydrogens is 1070 g/mol. The molecule has 0 saturated carbocycles. The predicted octanol–water partition coefficient (Wildman–Crippen LogP) is 8.24. The van der Waals surface area contributed by atoms with Gasteiger partial charge in [-0.1, -0.05) is 108 Å². The Morgan fingerprint density at radius 2 is 1.58 bits per heavy atom. The summed E-state index contributed by atoms with van der Waals surface area (Å²) in [6.45, 7) is -0.204. The van der Waals surface area contributed by atoms with Crippen LogP contribution in [0.15, 0.2) is 175 Å². The van der Waals surface area contributed by atoms with Gasteiger partial charge in [-0.2, -0.15) is 0 Å². The molecule has 386 valence electrons. The first-order valence-electron chi connectivity index (χ1n) is 23.0. The van der Waals surface area contributed by atoms with Crippen LogP contribution in [0.4, 0.5) is 13.9 Å². The summed E-state index contributed by atoms with van der Waals surface area (Å²) in [7, 11) is 2.48. The number of ether oxygens (including phenoxy) is 2. The van der Waals surface area contributed by atoms with Crippen LogP contribution in [-0.4, -0.2) is 89.5 Å². The Balaban J connectivity index is 0.922. The zero-order valence-corrected chi connectivity index (χ0v) is 44.4. The van der Waals surface area contributed by atoms with Gasteiger partial charge in [0, 0.05) is 29.6 Å². The van der Waals surface area contributed by atoms with Gasteiger partial charge >= 0.3 is 5.97 Å². The van der Waals surface area contributed by atoms with Crippen molar-refractivity contribution in [2.24, 2.45) is 12.2 Å². The number of thiazole rings is 1. The highest BCUT2D eigenvalue weighted by Gasteiger charge is 2.57. The van der Waals surface area contributed by atoms with Gasteiger partial charge in [0.15, 0.2) is 27.2 Å². The number of rotatable bonds is 18. The standard InChI is InChI=1S/C53H42F2N8O8S5/c1-62-29-56-60-52(62)75-46-37(54)23-36-39(64)24-40(74-45(36)41(46)55)72-26-31-28-76(68)49-43(48(66)63(49)44(31)50(67)71-25-30-19-21-35(69-2)22-20-30)58-47(65)42(61-70-3)38-27-73-51(57-38)59-53(32-13-7-4-8-14-32,33-15-9-5-10-16-33)34-17-11-6-12-18-34/h4-24,27,29,43,49H,25-26,28H2,1-3H3,(H,57,59)(H,58,65)/b61-42-/t43?,49-,76?/m1/s1. The number of carbonyl (C=O) groups is 3. The smallest absolute Gasteiger partial charge is 0.355 e. The Labute approximate surface area is 451 Å². The number of fused-ring (bicyclic) bond motifs is 2. The molecule has 3 aromatic heterocycles. The average Bonchev–Trinajstić information content (AvgIpc) is 4.12. The Bertz CT molecular complexity index is 3560. The number of methoxy groups -OCH3 is 1. The largest absolute Gasteiger partial charge is 0.497 e. The topological polar surface area (TPSA) is 196 Å². The van der Waals surface area contributed by atoms with E-state index >= 15 is 8.78 Å². The number of benzene rings is 5. The number of oxime groups is 1. The lowest BCUT2D eigenvalue weighted by molar-refractivity contribution is -0.153. The quantitative estimate of drug-likeness (QED) is 0.0208. The van der Waals surface area contributed by atoms with Gasteiger partial charge in [0.05, 0.1) is 37.5 Å². The number of thioether (sulfide) groups is 1. The van der Waals surface area contributed by atoms with E-state index < -0.39 is 62.6 Å². The number of carbonyl (C=O) groups excluding carboxylic acids is 3. The molecule has 2 N–H and O–H groups in total. The molecule has 1 fully saturated rings. The van der Waals surface area contributed by atoms with Gasteiger partial charge in [-0.3, -0.25) is 23.5 Å². The number of halogens is 2. The number of hydrogen-bond donors (Lipinski definition) is 2. The number of esters is 1. The summed E-state index contributed by atoms with van der Waals surface area (Å²) >= 11 is 3.86. The lowest BCUT2D eigenvalue weighted by atomic mass is 9.77. The summed E-state index contributed by atoms with van der Waals surface area (Å²) in [6.07, 6.45) is 1.38. The Hall–Kier alpha value is -7.57. The summed E-state index contributed by atoms with van der Waals surface area (Å²) in [4.78, 5) is 66.9. The number of aryl methyl sites for hydroxylation is 1. The molecular formula is C53H42F2N8O8S5. The van der Waals surface area contributed by atoms with Crippen molar-refractivity contribution < 1.29 is 41.7 Å². The minimum absolute atomic E-state index is 0.0953. The molecule has 76 heavy (non-hydrogen) atoms. The van der Waals surface area contributed by atoms with E-state index in [0.717, 1.165) is 50.8 Å². The van der Waals surface area contributed by atoms with E-state index in [2.05, 4.69) is 26.0 Å². The van der Waals surface area contributed by atoms with Crippen LogP contribution in [-0.2, 0) is 54.0 Å². The van der Waals surface area contributed by atoms with E-state index in [1.54, 1.807) is 36.7 Å². The van der Waals surface area contributed by atoms with Crippen LogP contribution < -0.4 is 20.8 Å². The fraction of sp³-hybridized carbons (Fsp3) is 0.170. The second-order valence-electron chi connectivity index (χ2n) is 17.0. The van der Waals surface area contributed by atoms with Gasteiger partial charge in [0.1, 0.15) is 60.0 Å². The van der Waals surface area contributed by atoms with Crippen molar-refractivity contribution in [2.45, 2.75) is 37.8 Å². The highest BCUT2D eigenvalue weighted by molar-refractivity contribution is 8.01. The molecule has 2 unspecified atom stereocenters. The molecule has 10 rings (SSSR count). The van der Waals surface area contributed by atoms with Crippen molar-refractivity contribution in [3.05, 3.63) is 200 Å². The highest BCUT2D eigenvalue weighted by Crippen LogP contribution is 2.43. The van der Waals surface area contributed by atoms with E-state index in [1.165, 1.54) is 42.5 Å².